The molecule has 238 valence electrons. The van der Waals surface area contributed by atoms with E-state index in [1.54, 1.807) is 13.8 Å². The number of benzene rings is 2. The van der Waals surface area contributed by atoms with Crippen LogP contribution in [0.1, 0.15) is 32.7 Å². The van der Waals surface area contributed by atoms with Gasteiger partial charge in [0, 0.05) is 47.3 Å². The minimum atomic E-state index is -3.41. The van der Waals surface area contributed by atoms with Crippen LogP contribution in [0, 0.1) is 25.5 Å². The van der Waals surface area contributed by atoms with E-state index in [0.29, 0.717) is 47.2 Å². The van der Waals surface area contributed by atoms with Crippen LogP contribution in [-0.4, -0.2) is 17.5 Å². The molecule has 0 radical (unpaired) electrons. The van der Waals surface area contributed by atoms with Gasteiger partial charge in [0.2, 0.25) is 0 Å². The van der Waals surface area contributed by atoms with Crippen molar-refractivity contribution in [3.8, 4) is 50.8 Å². The SMILES string of the molecule is Cc1cc2c(s1)-c1sc(-c3cc(F)c(-c4cc5c(s4)-c4sc(-c6c(F)cc(C)c7nsnc67)cc4C5(F)F)c4nsnc34)cc1C2(F)F. The van der Waals surface area contributed by atoms with Gasteiger partial charge in [-0.15, -0.1) is 45.3 Å². The number of halogens is 6. The third kappa shape index (κ3) is 3.70. The number of aryl methyl sites for hydroxylation is 2. The summed E-state index contributed by atoms with van der Waals surface area (Å²) in [5.74, 6) is -7.88. The van der Waals surface area contributed by atoms with Crippen molar-refractivity contribution < 1.29 is 26.3 Å². The van der Waals surface area contributed by atoms with Gasteiger partial charge in [0.15, 0.2) is 0 Å². The highest BCUT2D eigenvalue weighted by Gasteiger charge is 2.49. The van der Waals surface area contributed by atoms with Crippen molar-refractivity contribution in [2.24, 2.45) is 0 Å². The zero-order chi connectivity index (χ0) is 33.0. The molecule has 6 aromatic heterocycles. The van der Waals surface area contributed by atoms with Crippen molar-refractivity contribution in [2.45, 2.75) is 25.7 Å². The number of aromatic nitrogens is 4. The van der Waals surface area contributed by atoms with Crippen LogP contribution in [0.4, 0.5) is 26.3 Å². The molecule has 0 amide bonds. The zero-order valence-corrected chi connectivity index (χ0v) is 28.9. The molecule has 0 atom stereocenters. The first kappa shape index (κ1) is 29.4. The summed E-state index contributed by atoms with van der Waals surface area (Å²) in [6.45, 7) is 3.49. The van der Waals surface area contributed by atoms with Crippen molar-refractivity contribution in [3.63, 3.8) is 0 Å². The molecule has 0 N–H and O–H groups in total. The second kappa shape index (κ2) is 9.57. The third-order valence-corrected chi connectivity index (χ3v) is 14.7. The number of fused-ring (bicyclic) bond motifs is 8. The Morgan fingerprint density at radius 1 is 0.500 bits per heavy atom. The highest BCUT2D eigenvalue weighted by atomic mass is 32.1. The smallest absolute Gasteiger partial charge is 0.206 e. The predicted octanol–water partition coefficient (Wildman–Crippen LogP) is 12.1. The molecule has 0 aliphatic heterocycles. The molecule has 2 aliphatic carbocycles. The average Bonchev–Trinajstić information content (AvgIpc) is 3.87. The highest BCUT2D eigenvalue weighted by Crippen LogP contribution is 2.61. The fourth-order valence-electron chi connectivity index (χ4n) is 6.59. The lowest BCUT2D eigenvalue weighted by Crippen LogP contribution is -2.09. The standard InChI is InChI=1S/C32H12F6N4S6/c1-9-3-16(33)21(25-23(9)39-47-41-25)19-7-14-29(45-19)30-15(32(14,37)38)8-20(46-30)22-17(34)5-11(24-26(22)42-48-40-24)18-6-13-28(44-18)27-12(31(13,35)36)4-10(2)43-27/h3-8H,1-2H3. The molecule has 2 aromatic carbocycles. The maximum Gasteiger partial charge on any atom is 0.301 e. The minimum absolute atomic E-state index is 0.0132. The zero-order valence-electron chi connectivity index (χ0n) is 24.0. The second-order valence-electron chi connectivity index (χ2n) is 11.6. The molecule has 0 saturated carbocycles. The third-order valence-electron chi connectivity index (χ3n) is 8.75. The van der Waals surface area contributed by atoms with Gasteiger partial charge >= 0.3 is 11.8 Å². The maximum atomic E-state index is 16.2. The van der Waals surface area contributed by atoms with Gasteiger partial charge in [-0.05, 0) is 55.8 Å². The first-order valence-corrected chi connectivity index (χ1v) is 18.8. The van der Waals surface area contributed by atoms with Crippen LogP contribution in [0.3, 0.4) is 0 Å². The van der Waals surface area contributed by atoms with E-state index in [0.717, 1.165) is 62.3 Å². The Kier molecular flexibility index (Phi) is 5.86. The van der Waals surface area contributed by atoms with E-state index in [1.807, 2.05) is 0 Å². The van der Waals surface area contributed by atoms with Crippen molar-refractivity contribution >= 4 is 90.9 Å². The summed E-state index contributed by atoms with van der Waals surface area (Å²) < 4.78 is 111. The van der Waals surface area contributed by atoms with Gasteiger partial charge < -0.3 is 0 Å². The topological polar surface area (TPSA) is 51.6 Å². The lowest BCUT2D eigenvalue weighted by molar-refractivity contribution is 0.0480. The van der Waals surface area contributed by atoms with Gasteiger partial charge in [-0.1, -0.05) is 0 Å². The molecule has 48 heavy (non-hydrogen) atoms. The number of thiophene rings is 4. The summed E-state index contributed by atoms with van der Waals surface area (Å²) in [5.41, 5.74) is 1.71. The van der Waals surface area contributed by atoms with Gasteiger partial charge in [0.25, 0.3) is 0 Å². The molecule has 0 spiro atoms. The summed E-state index contributed by atoms with van der Waals surface area (Å²) in [5, 5.41) is 0. The quantitative estimate of drug-likeness (QED) is 0.168. The molecule has 6 heterocycles. The molecule has 10 rings (SSSR count). The molecule has 16 heteroatoms. The number of hydrogen-bond donors (Lipinski definition) is 0. The van der Waals surface area contributed by atoms with Gasteiger partial charge in [0.1, 0.15) is 33.7 Å². The Bertz CT molecular complexity index is 2710. The van der Waals surface area contributed by atoms with E-state index >= 15 is 26.3 Å². The lowest BCUT2D eigenvalue weighted by atomic mass is 10.0. The number of nitrogens with zero attached hydrogens (tertiary/aromatic N) is 4. The monoisotopic (exact) mass is 758 g/mol. The van der Waals surface area contributed by atoms with Crippen LogP contribution in [0.15, 0.2) is 36.4 Å². The summed E-state index contributed by atoms with van der Waals surface area (Å²) >= 11 is 6.23. The summed E-state index contributed by atoms with van der Waals surface area (Å²) in [4.78, 5) is 3.23. The van der Waals surface area contributed by atoms with Crippen molar-refractivity contribution in [2.75, 3.05) is 0 Å². The van der Waals surface area contributed by atoms with Gasteiger partial charge in [-0.3, -0.25) is 0 Å². The molecule has 0 fully saturated rings. The largest absolute Gasteiger partial charge is 0.301 e. The van der Waals surface area contributed by atoms with Crippen LogP contribution in [-0.2, 0) is 11.8 Å². The average molecular weight is 759 g/mol. The molecule has 2 aliphatic rings. The predicted molar refractivity (Wildman–Crippen MR) is 182 cm³/mol. The number of alkyl halides is 4. The minimum Gasteiger partial charge on any atom is -0.206 e. The number of hydrogen-bond acceptors (Lipinski definition) is 10. The van der Waals surface area contributed by atoms with E-state index in [4.69, 9.17) is 0 Å². The second-order valence-corrected chi connectivity index (χ2v) is 17.0. The van der Waals surface area contributed by atoms with E-state index in [-0.39, 0.29) is 53.5 Å². The lowest BCUT2D eigenvalue weighted by Gasteiger charge is -2.10. The van der Waals surface area contributed by atoms with Gasteiger partial charge in [0.05, 0.1) is 54.1 Å². The fraction of sp³-hybridized carbons (Fsp3) is 0.125. The summed E-state index contributed by atoms with van der Waals surface area (Å²) in [6.07, 6.45) is 0. The van der Waals surface area contributed by atoms with Crippen molar-refractivity contribution in [1.82, 2.24) is 17.5 Å². The molecule has 0 unspecified atom stereocenters. The van der Waals surface area contributed by atoms with Crippen molar-refractivity contribution in [3.05, 3.63) is 80.7 Å². The molecule has 8 aromatic rings. The molecular weight excluding hydrogens is 747 g/mol. The molecule has 0 bridgehead atoms. The van der Waals surface area contributed by atoms with E-state index < -0.39 is 23.5 Å². The highest BCUT2D eigenvalue weighted by molar-refractivity contribution is 7.26. The Morgan fingerprint density at radius 2 is 0.938 bits per heavy atom. The first-order chi connectivity index (χ1) is 22.9. The van der Waals surface area contributed by atoms with Crippen LogP contribution in [0.5, 0.6) is 0 Å². The van der Waals surface area contributed by atoms with E-state index in [2.05, 4.69) is 17.5 Å². The molecular formula is C32H12F6N4S6. The summed E-state index contributed by atoms with van der Waals surface area (Å²) in [6, 6.07) is 8.02. The molecule has 0 saturated heterocycles. The molecule has 4 nitrogen and oxygen atoms in total. The van der Waals surface area contributed by atoms with Crippen LogP contribution in [0.2, 0.25) is 0 Å². The Hall–Kier alpha value is -3.54. The number of rotatable bonds is 3. The first-order valence-electron chi connectivity index (χ1n) is 14.1. The van der Waals surface area contributed by atoms with Crippen LogP contribution in [0.25, 0.3) is 72.9 Å². The maximum absolute atomic E-state index is 16.2. The fourth-order valence-corrected chi connectivity index (χ4v) is 12.8. The normalized spacial score (nSPS) is 15.4. The van der Waals surface area contributed by atoms with E-state index in [1.165, 1.54) is 47.7 Å². The summed E-state index contributed by atoms with van der Waals surface area (Å²) in [7, 11) is 0. The van der Waals surface area contributed by atoms with Crippen LogP contribution >= 0.6 is 68.8 Å². The Morgan fingerprint density at radius 3 is 1.54 bits per heavy atom. The van der Waals surface area contributed by atoms with Gasteiger partial charge in [-0.25, -0.2) is 8.78 Å². The van der Waals surface area contributed by atoms with Crippen LogP contribution < -0.4 is 0 Å². The Balaban J connectivity index is 1.10. The Labute approximate surface area is 290 Å². The van der Waals surface area contributed by atoms with Crippen molar-refractivity contribution in [1.29, 1.82) is 0 Å². The van der Waals surface area contributed by atoms with Gasteiger partial charge in [-0.2, -0.15) is 35.1 Å². The van der Waals surface area contributed by atoms with E-state index in [9.17, 15) is 0 Å².